The van der Waals surface area contributed by atoms with E-state index in [1.54, 1.807) is 17.0 Å². The molecule has 136 valence electrons. The van der Waals surface area contributed by atoms with Gasteiger partial charge in [0.05, 0.1) is 24.9 Å². The number of rotatable bonds is 8. The van der Waals surface area contributed by atoms with Crippen LogP contribution in [0.1, 0.15) is 27.1 Å². The molecular weight excluding hydrogens is 334 g/mol. The SMILES string of the molecule is O=C(O)c1cccc(C(=O)N2CC(OCCCOc3ccccc3)C2)c1. The first-order valence-corrected chi connectivity index (χ1v) is 8.55. The van der Waals surface area contributed by atoms with Gasteiger partial charge in [-0.2, -0.15) is 0 Å². The van der Waals surface area contributed by atoms with Gasteiger partial charge in [-0.15, -0.1) is 0 Å². The molecule has 0 saturated carbocycles. The number of hydrogen-bond donors (Lipinski definition) is 1. The third-order valence-corrected chi connectivity index (χ3v) is 4.15. The Morgan fingerprint density at radius 1 is 1.00 bits per heavy atom. The second-order valence-corrected chi connectivity index (χ2v) is 6.10. The van der Waals surface area contributed by atoms with Crippen molar-refractivity contribution in [3.8, 4) is 5.75 Å². The second-order valence-electron chi connectivity index (χ2n) is 6.10. The lowest BCUT2D eigenvalue weighted by atomic mass is 10.1. The number of benzene rings is 2. The van der Waals surface area contributed by atoms with E-state index in [0.29, 0.717) is 31.9 Å². The Morgan fingerprint density at radius 3 is 2.46 bits per heavy atom. The van der Waals surface area contributed by atoms with Gasteiger partial charge in [-0.1, -0.05) is 24.3 Å². The van der Waals surface area contributed by atoms with Crippen molar-refractivity contribution in [2.75, 3.05) is 26.3 Å². The van der Waals surface area contributed by atoms with Crippen molar-refractivity contribution in [1.29, 1.82) is 0 Å². The Kier molecular flexibility index (Phi) is 5.86. The summed E-state index contributed by atoms with van der Waals surface area (Å²) in [6.45, 7) is 2.21. The highest BCUT2D eigenvalue weighted by Crippen LogP contribution is 2.17. The topological polar surface area (TPSA) is 76.1 Å². The van der Waals surface area contributed by atoms with Crippen LogP contribution in [0.4, 0.5) is 0 Å². The standard InChI is InChI=1S/C20H21NO5/c22-19(15-6-4-7-16(12-15)20(23)24)21-13-18(14-21)26-11-5-10-25-17-8-2-1-3-9-17/h1-4,6-9,12,18H,5,10-11,13-14H2,(H,23,24). The maximum absolute atomic E-state index is 12.3. The van der Waals surface area contributed by atoms with Crippen LogP contribution in [-0.2, 0) is 4.74 Å². The van der Waals surface area contributed by atoms with Crippen molar-refractivity contribution in [2.24, 2.45) is 0 Å². The summed E-state index contributed by atoms with van der Waals surface area (Å²) in [4.78, 5) is 25.0. The van der Waals surface area contributed by atoms with Gasteiger partial charge < -0.3 is 19.5 Å². The molecule has 1 N–H and O–H groups in total. The quantitative estimate of drug-likeness (QED) is 0.737. The zero-order valence-electron chi connectivity index (χ0n) is 14.3. The third-order valence-electron chi connectivity index (χ3n) is 4.15. The number of para-hydroxylation sites is 1. The summed E-state index contributed by atoms with van der Waals surface area (Å²) in [6, 6.07) is 15.7. The molecule has 0 atom stereocenters. The Hall–Kier alpha value is -2.86. The Labute approximate surface area is 152 Å². The van der Waals surface area contributed by atoms with E-state index in [4.69, 9.17) is 14.6 Å². The second kappa shape index (κ2) is 8.49. The van der Waals surface area contributed by atoms with E-state index in [-0.39, 0.29) is 17.6 Å². The third kappa shape index (κ3) is 4.61. The highest BCUT2D eigenvalue weighted by atomic mass is 16.5. The van der Waals surface area contributed by atoms with Crippen LogP contribution in [0.3, 0.4) is 0 Å². The normalized spacial score (nSPS) is 13.9. The molecule has 1 amide bonds. The number of carboxylic acids is 1. The van der Waals surface area contributed by atoms with Crippen molar-refractivity contribution >= 4 is 11.9 Å². The average Bonchev–Trinajstić information content (AvgIpc) is 2.63. The molecule has 0 radical (unpaired) electrons. The summed E-state index contributed by atoms with van der Waals surface area (Å²) in [7, 11) is 0. The fourth-order valence-corrected chi connectivity index (χ4v) is 2.69. The van der Waals surface area contributed by atoms with E-state index in [0.717, 1.165) is 12.2 Å². The number of amides is 1. The van der Waals surface area contributed by atoms with Gasteiger partial charge in [-0.25, -0.2) is 4.79 Å². The van der Waals surface area contributed by atoms with Crippen LogP contribution in [0, 0.1) is 0 Å². The summed E-state index contributed by atoms with van der Waals surface area (Å²) >= 11 is 0. The highest BCUT2D eigenvalue weighted by Gasteiger charge is 2.31. The Balaban J connectivity index is 1.34. The number of likely N-dealkylation sites (tertiary alicyclic amines) is 1. The van der Waals surface area contributed by atoms with Gasteiger partial charge in [-0.3, -0.25) is 4.79 Å². The van der Waals surface area contributed by atoms with Crippen LogP contribution in [-0.4, -0.2) is 54.3 Å². The number of hydrogen-bond acceptors (Lipinski definition) is 4. The largest absolute Gasteiger partial charge is 0.494 e. The Morgan fingerprint density at radius 2 is 1.73 bits per heavy atom. The summed E-state index contributed by atoms with van der Waals surface area (Å²) < 4.78 is 11.3. The molecule has 0 aliphatic carbocycles. The molecule has 6 nitrogen and oxygen atoms in total. The first-order chi connectivity index (χ1) is 12.6. The van der Waals surface area contributed by atoms with Gasteiger partial charge in [0.15, 0.2) is 0 Å². The minimum Gasteiger partial charge on any atom is -0.494 e. The number of carboxylic acid groups (broad SMARTS) is 1. The lowest BCUT2D eigenvalue weighted by Gasteiger charge is -2.39. The van der Waals surface area contributed by atoms with Crippen molar-refractivity contribution in [3.63, 3.8) is 0 Å². The van der Waals surface area contributed by atoms with Crippen LogP contribution in [0.5, 0.6) is 5.75 Å². The first kappa shape index (κ1) is 17.9. The molecule has 1 heterocycles. The molecule has 26 heavy (non-hydrogen) atoms. The van der Waals surface area contributed by atoms with Gasteiger partial charge >= 0.3 is 5.97 Å². The fourth-order valence-electron chi connectivity index (χ4n) is 2.69. The minimum absolute atomic E-state index is 0.0262. The number of nitrogens with zero attached hydrogens (tertiary/aromatic N) is 1. The maximum Gasteiger partial charge on any atom is 0.335 e. The van der Waals surface area contributed by atoms with Crippen molar-refractivity contribution < 1.29 is 24.2 Å². The molecule has 0 spiro atoms. The van der Waals surface area contributed by atoms with Crippen molar-refractivity contribution in [2.45, 2.75) is 12.5 Å². The van der Waals surface area contributed by atoms with Crippen LogP contribution < -0.4 is 4.74 Å². The summed E-state index contributed by atoms with van der Waals surface area (Å²) in [5.74, 6) is -0.362. The van der Waals surface area contributed by atoms with E-state index >= 15 is 0 Å². The number of ether oxygens (including phenoxy) is 2. The van der Waals surface area contributed by atoms with Gasteiger partial charge in [0.2, 0.25) is 0 Å². The molecule has 1 fully saturated rings. The van der Waals surface area contributed by atoms with Crippen LogP contribution in [0.2, 0.25) is 0 Å². The Bertz CT molecular complexity index is 756. The lowest BCUT2D eigenvalue weighted by Crippen LogP contribution is -2.54. The summed E-state index contributed by atoms with van der Waals surface area (Å²) in [5, 5.41) is 9.00. The predicted octanol–water partition coefficient (Wildman–Crippen LogP) is 2.69. The van der Waals surface area contributed by atoms with Gasteiger partial charge in [0, 0.05) is 25.1 Å². The molecule has 2 aromatic carbocycles. The molecule has 1 aliphatic rings. The number of carbonyl (C=O) groups excluding carboxylic acids is 1. The molecule has 2 aromatic rings. The zero-order chi connectivity index (χ0) is 18.4. The fraction of sp³-hybridized carbons (Fsp3) is 0.300. The first-order valence-electron chi connectivity index (χ1n) is 8.55. The molecule has 1 saturated heterocycles. The van der Waals surface area contributed by atoms with E-state index in [1.807, 2.05) is 30.3 Å². The minimum atomic E-state index is -1.04. The molecule has 0 unspecified atom stereocenters. The van der Waals surface area contributed by atoms with E-state index in [1.165, 1.54) is 12.1 Å². The number of aromatic carboxylic acids is 1. The smallest absolute Gasteiger partial charge is 0.335 e. The monoisotopic (exact) mass is 355 g/mol. The molecule has 6 heteroatoms. The predicted molar refractivity (Wildman–Crippen MR) is 95.6 cm³/mol. The van der Waals surface area contributed by atoms with E-state index in [9.17, 15) is 9.59 Å². The van der Waals surface area contributed by atoms with Crippen LogP contribution >= 0.6 is 0 Å². The molecular formula is C20H21NO5. The van der Waals surface area contributed by atoms with Crippen LogP contribution in [0.25, 0.3) is 0 Å². The van der Waals surface area contributed by atoms with Gasteiger partial charge in [-0.05, 0) is 30.3 Å². The highest BCUT2D eigenvalue weighted by molar-refractivity contribution is 5.97. The maximum atomic E-state index is 12.3. The van der Waals surface area contributed by atoms with E-state index < -0.39 is 5.97 Å². The van der Waals surface area contributed by atoms with Gasteiger partial charge in [0.1, 0.15) is 5.75 Å². The van der Waals surface area contributed by atoms with Crippen LogP contribution in [0.15, 0.2) is 54.6 Å². The van der Waals surface area contributed by atoms with E-state index in [2.05, 4.69) is 0 Å². The zero-order valence-corrected chi connectivity index (χ0v) is 14.3. The molecule has 0 aromatic heterocycles. The molecule has 0 bridgehead atoms. The summed E-state index contributed by atoms with van der Waals surface area (Å²) in [6.07, 6.45) is 0.804. The van der Waals surface area contributed by atoms with Crippen molar-refractivity contribution in [3.05, 3.63) is 65.7 Å². The lowest BCUT2D eigenvalue weighted by molar-refractivity contribution is -0.0449. The van der Waals surface area contributed by atoms with Crippen molar-refractivity contribution in [1.82, 2.24) is 4.90 Å². The number of carbonyl (C=O) groups is 2. The molecule has 3 rings (SSSR count). The molecule has 1 aliphatic heterocycles. The summed E-state index contributed by atoms with van der Waals surface area (Å²) in [5.41, 5.74) is 0.502. The van der Waals surface area contributed by atoms with Gasteiger partial charge in [0.25, 0.3) is 5.91 Å². The average molecular weight is 355 g/mol.